The summed E-state index contributed by atoms with van der Waals surface area (Å²) in [4.78, 5) is 0. The van der Waals surface area contributed by atoms with Crippen LogP contribution in [0.5, 0.6) is 5.75 Å². The van der Waals surface area contributed by atoms with Crippen molar-refractivity contribution in [2.75, 3.05) is 0 Å². The van der Waals surface area contributed by atoms with E-state index in [1.165, 1.54) is 18.2 Å². The van der Waals surface area contributed by atoms with E-state index < -0.39 is 17.2 Å². The van der Waals surface area contributed by atoms with Crippen LogP contribution in [0, 0.1) is 5.82 Å². The topological polar surface area (TPSA) is 49.4 Å². The Kier molecular flexibility index (Phi) is 2.56. The number of benzene rings is 1. The molecule has 3 nitrogen and oxygen atoms in total. The average Bonchev–Trinajstić information content (AvgIpc) is 1.93. The van der Waals surface area contributed by atoms with E-state index in [-0.39, 0.29) is 5.75 Å². The summed E-state index contributed by atoms with van der Waals surface area (Å²) in [5.41, 5.74) is 0. The summed E-state index contributed by atoms with van der Waals surface area (Å²) in [5.74, 6) is -0.988. The molecule has 60 valence electrons. The summed E-state index contributed by atoms with van der Waals surface area (Å²) < 4.78 is 36.5. The first-order valence-corrected chi connectivity index (χ1v) is 3.72. The Hall–Kier alpha value is -0.940. The first-order chi connectivity index (χ1) is 5.20. The summed E-state index contributed by atoms with van der Waals surface area (Å²) in [7, 11) is 0. The zero-order valence-electron chi connectivity index (χ0n) is 5.32. The first-order valence-electron chi connectivity index (χ1n) is 2.72. The van der Waals surface area contributed by atoms with Crippen LogP contribution in [0.4, 0.5) is 4.39 Å². The third-order valence-electron chi connectivity index (χ3n) is 0.994. The Labute approximate surface area is 65.3 Å². The molecule has 0 amide bonds. The number of hydrogen-bond acceptors (Lipinski definition) is 3. The Morgan fingerprint density at radius 3 is 2.64 bits per heavy atom. The van der Waals surface area contributed by atoms with Crippen molar-refractivity contribution in [3.8, 4) is 5.75 Å². The van der Waals surface area contributed by atoms with Crippen molar-refractivity contribution in [2.45, 2.75) is 0 Å². The van der Waals surface area contributed by atoms with Gasteiger partial charge >= 0.3 is 0 Å². The van der Waals surface area contributed by atoms with Gasteiger partial charge in [0.1, 0.15) is 11.4 Å². The maximum Gasteiger partial charge on any atom is 0.174 e. The van der Waals surface area contributed by atoms with Crippen molar-refractivity contribution < 1.29 is 17.3 Å². The minimum absolute atomic E-state index is 0.291. The van der Waals surface area contributed by atoms with Gasteiger partial charge in [-0.05, 0) is 12.1 Å². The first kappa shape index (κ1) is 8.16. The highest BCUT2D eigenvalue weighted by molar-refractivity contribution is 7.74. The average molecular weight is 175 g/mol. The van der Waals surface area contributed by atoms with Crippen LogP contribution in [-0.4, -0.2) is 8.76 Å². The molecule has 0 aromatic heterocycles. The molecule has 0 radical (unpaired) electrons. The third-order valence-corrected chi connectivity index (χ3v) is 1.31. The van der Waals surface area contributed by atoms with Crippen LogP contribution < -0.4 is 4.18 Å². The Morgan fingerprint density at radius 2 is 2.09 bits per heavy atom. The maximum absolute atomic E-state index is 12.6. The largest absolute Gasteiger partial charge is 0.740 e. The highest BCUT2D eigenvalue weighted by Crippen LogP contribution is 2.15. The zero-order valence-corrected chi connectivity index (χ0v) is 6.14. The van der Waals surface area contributed by atoms with Gasteiger partial charge in [0.15, 0.2) is 11.6 Å². The van der Waals surface area contributed by atoms with Gasteiger partial charge in [0, 0.05) is 0 Å². The van der Waals surface area contributed by atoms with E-state index in [2.05, 4.69) is 4.18 Å². The second-order valence-electron chi connectivity index (χ2n) is 1.72. The molecule has 0 heterocycles. The van der Waals surface area contributed by atoms with Crippen LogP contribution in [0.25, 0.3) is 0 Å². The quantitative estimate of drug-likeness (QED) is 0.630. The molecule has 0 saturated heterocycles. The molecule has 0 fully saturated rings. The summed E-state index contributed by atoms with van der Waals surface area (Å²) in [6.45, 7) is 0. The highest BCUT2D eigenvalue weighted by atomic mass is 32.2. The van der Waals surface area contributed by atoms with Gasteiger partial charge in [-0.3, -0.25) is 0 Å². The molecule has 1 aromatic carbocycles. The molecule has 0 N–H and O–H groups in total. The van der Waals surface area contributed by atoms with E-state index in [0.29, 0.717) is 0 Å². The van der Waals surface area contributed by atoms with Gasteiger partial charge in [0.25, 0.3) is 0 Å². The monoisotopic (exact) mass is 175 g/mol. The molecule has 1 unspecified atom stereocenters. The molecule has 1 aromatic rings. The van der Waals surface area contributed by atoms with Gasteiger partial charge in [-0.15, -0.1) is 0 Å². The predicted molar refractivity (Wildman–Crippen MR) is 35.9 cm³/mol. The summed E-state index contributed by atoms with van der Waals surface area (Å²) in [5, 5.41) is 0. The Morgan fingerprint density at radius 1 is 1.45 bits per heavy atom. The van der Waals surface area contributed by atoms with Gasteiger partial charge in [-0.1, -0.05) is 12.1 Å². The lowest BCUT2D eigenvalue weighted by Crippen LogP contribution is -1.99. The van der Waals surface area contributed by atoms with Crippen LogP contribution in [0.3, 0.4) is 0 Å². The number of rotatable bonds is 2. The van der Waals surface area contributed by atoms with Crippen molar-refractivity contribution in [2.24, 2.45) is 0 Å². The zero-order chi connectivity index (χ0) is 8.27. The molecule has 1 atom stereocenters. The van der Waals surface area contributed by atoms with Crippen molar-refractivity contribution in [3.63, 3.8) is 0 Å². The van der Waals surface area contributed by atoms with Crippen LogP contribution in [0.2, 0.25) is 0 Å². The fourth-order valence-electron chi connectivity index (χ4n) is 0.586. The van der Waals surface area contributed by atoms with E-state index in [9.17, 15) is 13.2 Å². The highest BCUT2D eigenvalue weighted by Gasteiger charge is 1.99. The van der Waals surface area contributed by atoms with Gasteiger partial charge in [-0.25, -0.2) is 8.60 Å². The molecule has 0 spiro atoms. The van der Waals surface area contributed by atoms with Crippen LogP contribution in [0.15, 0.2) is 24.3 Å². The van der Waals surface area contributed by atoms with Crippen LogP contribution in [0.1, 0.15) is 0 Å². The minimum Gasteiger partial charge on any atom is -0.740 e. The standard InChI is InChI=1S/C6H5FO3S/c7-5-3-1-2-4-6(5)10-11(8)9/h1-4H,(H,8,9)/p-1. The number of hydrogen-bond donors (Lipinski definition) is 0. The third kappa shape index (κ3) is 2.28. The molecule has 1 rings (SSSR count). The Bertz CT molecular complexity index is 276. The lowest BCUT2D eigenvalue weighted by Gasteiger charge is -2.06. The van der Waals surface area contributed by atoms with Crippen molar-refractivity contribution in [1.82, 2.24) is 0 Å². The smallest absolute Gasteiger partial charge is 0.174 e. The molecule has 0 aliphatic rings. The van der Waals surface area contributed by atoms with Crippen molar-refractivity contribution in [3.05, 3.63) is 30.1 Å². The van der Waals surface area contributed by atoms with E-state index in [0.717, 1.165) is 6.07 Å². The summed E-state index contributed by atoms with van der Waals surface area (Å²) >= 11 is -2.72. The fourth-order valence-corrected chi connectivity index (χ4v) is 0.867. The molecule has 5 heteroatoms. The SMILES string of the molecule is O=S([O-])Oc1ccccc1F. The normalized spacial score (nSPS) is 12.5. The van der Waals surface area contributed by atoms with E-state index >= 15 is 0 Å². The molecule has 0 aliphatic heterocycles. The second kappa shape index (κ2) is 3.45. The lowest BCUT2D eigenvalue weighted by atomic mass is 10.3. The Balaban J connectivity index is 2.86. The van der Waals surface area contributed by atoms with Crippen molar-refractivity contribution >= 4 is 11.4 Å². The van der Waals surface area contributed by atoms with Crippen LogP contribution in [-0.2, 0) is 11.4 Å². The molecular formula is C6H4FO3S-. The molecule has 11 heavy (non-hydrogen) atoms. The van der Waals surface area contributed by atoms with E-state index in [1.54, 1.807) is 0 Å². The van der Waals surface area contributed by atoms with Gasteiger partial charge in [0.2, 0.25) is 0 Å². The van der Waals surface area contributed by atoms with Gasteiger partial charge in [-0.2, -0.15) is 0 Å². The molecule has 0 bridgehead atoms. The summed E-state index contributed by atoms with van der Waals surface area (Å²) in [6.07, 6.45) is 0. The molecular weight excluding hydrogens is 171 g/mol. The number of halogens is 1. The maximum atomic E-state index is 12.6. The van der Waals surface area contributed by atoms with Crippen molar-refractivity contribution in [1.29, 1.82) is 0 Å². The van der Waals surface area contributed by atoms with E-state index in [1.807, 2.05) is 0 Å². The fraction of sp³-hybridized carbons (Fsp3) is 0. The van der Waals surface area contributed by atoms with E-state index in [4.69, 9.17) is 0 Å². The summed E-state index contributed by atoms with van der Waals surface area (Å²) in [6, 6.07) is 5.26. The minimum atomic E-state index is -2.72. The second-order valence-corrected chi connectivity index (χ2v) is 2.29. The molecule has 0 aliphatic carbocycles. The lowest BCUT2D eigenvalue weighted by molar-refractivity contribution is 0.425. The van der Waals surface area contributed by atoms with Gasteiger partial charge < -0.3 is 8.74 Å². The predicted octanol–water partition coefficient (Wildman–Crippen LogP) is 0.999. The van der Waals surface area contributed by atoms with Gasteiger partial charge in [0.05, 0.1) is 0 Å². The molecule has 0 saturated carbocycles. The van der Waals surface area contributed by atoms with Crippen LogP contribution >= 0.6 is 0 Å². The number of para-hydroxylation sites is 1.